The second-order valence-corrected chi connectivity index (χ2v) is 26.0. The molecular weight excluding hydrogens is 996 g/mol. The maximum atomic E-state index is 13.0. The second-order valence-electron chi connectivity index (χ2n) is 24.5. The standard InChI is InChI=1S/C70H133N2O6P/c1-6-8-10-12-14-16-18-20-22-24-26-28-29-30-31-32-33-34-35-36-37-38-39-40-41-42-43-44-46-48-50-52-54-56-58-60-62-64-70(74)71-68(67-78-79(75,76)77-66-65-72(3,4)5)69(73)63-61-59-57-55-53-51-49-47-45-27-25-23-21-19-17-15-13-11-9-7-2/h18,20,24,26,45,47,53,55,61,63,68-69,73H,6-17,19,21-23,25,27-44,46,48-52,54,56-60,62,64-67H2,1-5H3,(H-,71,74,75,76)/p+1/b20-18-,26-24-,47-45+,55-53+,63-61+. The molecule has 3 atom stereocenters. The van der Waals surface area contributed by atoms with E-state index in [1.807, 2.05) is 27.2 Å². The summed E-state index contributed by atoms with van der Waals surface area (Å²) in [6, 6.07) is -0.871. The van der Waals surface area contributed by atoms with Crippen molar-refractivity contribution in [2.45, 2.75) is 341 Å². The minimum absolute atomic E-state index is 0.0539. The lowest BCUT2D eigenvalue weighted by Crippen LogP contribution is -2.45. The molecule has 3 N–H and O–H groups in total. The molecule has 0 bridgehead atoms. The lowest BCUT2D eigenvalue weighted by atomic mass is 10.0. The molecule has 0 fully saturated rings. The van der Waals surface area contributed by atoms with Crippen LogP contribution in [0.4, 0.5) is 0 Å². The Hall–Kier alpha value is -1.80. The highest BCUT2D eigenvalue weighted by atomic mass is 31.2. The van der Waals surface area contributed by atoms with Crippen molar-refractivity contribution in [3.8, 4) is 0 Å². The van der Waals surface area contributed by atoms with Gasteiger partial charge in [-0.15, -0.1) is 0 Å². The van der Waals surface area contributed by atoms with Gasteiger partial charge >= 0.3 is 7.82 Å². The molecule has 0 aromatic carbocycles. The number of phosphoric acid groups is 1. The number of likely N-dealkylation sites (N-methyl/N-ethyl adjacent to an activating group) is 1. The quantitative estimate of drug-likeness (QED) is 0.0243. The lowest BCUT2D eigenvalue weighted by molar-refractivity contribution is -0.870. The summed E-state index contributed by atoms with van der Waals surface area (Å²) in [4.78, 5) is 23.4. The SMILES string of the molecule is CCCCCCC/C=C\C/C=C\CCCCCCCCCCCCCCCCCCCCCCCCCCCC(=O)NC(COP(=O)(O)OCC[N+](C)(C)C)C(O)/C=C/CC/C=C/CC/C=C/CCCCCCCCCCCC. The van der Waals surface area contributed by atoms with Crippen molar-refractivity contribution in [3.05, 3.63) is 60.8 Å². The van der Waals surface area contributed by atoms with Crippen LogP contribution in [-0.2, 0) is 18.4 Å². The summed E-state index contributed by atoms with van der Waals surface area (Å²) in [6.45, 7) is 4.81. The Morgan fingerprint density at radius 3 is 1.09 bits per heavy atom. The molecule has 79 heavy (non-hydrogen) atoms. The number of phosphoric ester groups is 1. The molecule has 0 aromatic heterocycles. The number of hydrogen-bond donors (Lipinski definition) is 3. The first-order chi connectivity index (χ1) is 38.5. The number of rotatable bonds is 63. The van der Waals surface area contributed by atoms with Gasteiger partial charge in [-0.05, 0) is 77.0 Å². The van der Waals surface area contributed by atoms with Crippen molar-refractivity contribution in [2.75, 3.05) is 40.9 Å². The number of carbonyl (C=O) groups excluding carboxylic acids is 1. The van der Waals surface area contributed by atoms with Crippen LogP contribution in [0.2, 0.25) is 0 Å². The fourth-order valence-electron chi connectivity index (χ4n) is 10.1. The first kappa shape index (κ1) is 77.2. The number of carbonyl (C=O) groups is 1. The molecule has 0 saturated heterocycles. The van der Waals surface area contributed by atoms with Gasteiger partial charge in [-0.3, -0.25) is 13.8 Å². The van der Waals surface area contributed by atoms with Gasteiger partial charge < -0.3 is 19.8 Å². The van der Waals surface area contributed by atoms with E-state index in [4.69, 9.17) is 9.05 Å². The minimum atomic E-state index is -4.36. The van der Waals surface area contributed by atoms with E-state index in [1.165, 1.54) is 257 Å². The van der Waals surface area contributed by atoms with Crippen LogP contribution in [0.5, 0.6) is 0 Å². The van der Waals surface area contributed by atoms with Crippen molar-refractivity contribution < 1.29 is 32.9 Å². The molecule has 0 aromatic rings. The maximum absolute atomic E-state index is 13.0. The van der Waals surface area contributed by atoms with Gasteiger partial charge in [0.05, 0.1) is 39.9 Å². The third-order valence-corrected chi connectivity index (χ3v) is 16.4. The molecule has 1 amide bonds. The molecule has 8 nitrogen and oxygen atoms in total. The van der Waals surface area contributed by atoms with Crippen molar-refractivity contribution in [1.29, 1.82) is 0 Å². The van der Waals surface area contributed by atoms with Crippen LogP contribution in [0.1, 0.15) is 328 Å². The zero-order valence-electron chi connectivity index (χ0n) is 53.1. The average molecular weight is 1130 g/mol. The molecule has 0 aliphatic heterocycles. The van der Waals surface area contributed by atoms with Crippen molar-refractivity contribution in [3.63, 3.8) is 0 Å². The Balaban J connectivity index is 4.01. The van der Waals surface area contributed by atoms with Gasteiger partial charge in [-0.2, -0.15) is 0 Å². The Labute approximate surface area is 492 Å². The molecule has 0 saturated carbocycles. The summed E-state index contributed by atoms with van der Waals surface area (Å²) in [5.41, 5.74) is 0. The van der Waals surface area contributed by atoms with Crippen LogP contribution < -0.4 is 5.32 Å². The molecule has 0 rings (SSSR count). The van der Waals surface area contributed by atoms with E-state index in [9.17, 15) is 19.4 Å². The highest BCUT2D eigenvalue weighted by Crippen LogP contribution is 2.43. The predicted octanol–water partition coefficient (Wildman–Crippen LogP) is 21.6. The Bertz CT molecular complexity index is 1470. The monoisotopic (exact) mass is 1130 g/mol. The van der Waals surface area contributed by atoms with Crippen molar-refractivity contribution in [1.82, 2.24) is 5.32 Å². The summed E-state index contributed by atoms with van der Waals surface area (Å²) in [5, 5.41) is 14.0. The third-order valence-electron chi connectivity index (χ3n) is 15.4. The number of amides is 1. The van der Waals surface area contributed by atoms with Gasteiger partial charge in [-0.1, -0.05) is 306 Å². The largest absolute Gasteiger partial charge is 0.472 e. The minimum Gasteiger partial charge on any atom is -0.387 e. The molecule has 0 spiro atoms. The molecule has 464 valence electrons. The number of nitrogens with one attached hydrogen (secondary N) is 1. The zero-order chi connectivity index (χ0) is 57.7. The van der Waals surface area contributed by atoms with Gasteiger partial charge in [0.25, 0.3) is 0 Å². The number of aliphatic hydroxyl groups is 1. The molecule has 9 heteroatoms. The second kappa shape index (κ2) is 60.8. The molecule has 3 unspecified atom stereocenters. The van der Waals surface area contributed by atoms with Crippen LogP contribution >= 0.6 is 7.82 Å². The van der Waals surface area contributed by atoms with Gasteiger partial charge in [0.15, 0.2) is 0 Å². The number of allylic oxidation sites excluding steroid dienone is 9. The number of unbranched alkanes of at least 4 members (excludes halogenated alkanes) is 42. The van der Waals surface area contributed by atoms with Gasteiger partial charge in [0.1, 0.15) is 13.2 Å². The smallest absolute Gasteiger partial charge is 0.387 e. The molecule has 0 aliphatic carbocycles. The fraction of sp³-hybridized carbons (Fsp3) is 0.843. The number of quaternary nitrogens is 1. The fourth-order valence-corrected chi connectivity index (χ4v) is 10.8. The highest BCUT2D eigenvalue weighted by molar-refractivity contribution is 7.47. The maximum Gasteiger partial charge on any atom is 0.472 e. The van der Waals surface area contributed by atoms with E-state index >= 15 is 0 Å². The van der Waals surface area contributed by atoms with Crippen LogP contribution in [-0.4, -0.2) is 73.4 Å². The van der Waals surface area contributed by atoms with Crippen molar-refractivity contribution >= 4 is 13.7 Å². The van der Waals surface area contributed by atoms with Crippen LogP contribution in [0.25, 0.3) is 0 Å². The van der Waals surface area contributed by atoms with Gasteiger partial charge in [-0.25, -0.2) is 4.57 Å². The van der Waals surface area contributed by atoms with Crippen LogP contribution in [0.3, 0.4) is 0 Å². The van der Waals surface area contributed by atoms with E-state index in [1.54, 1.807) is 6.08 Å². The number of nitrogens with zero attached hydrogens (tertiary/aromatic N) is 1. The van der Waals surface area contributed by atoms with E-state index < -0.39 is 20.0 Å². The van der Waals surface area contributed by atoms with E-state index in [-0.39, 0.29) is 19.1 Å². The average Bonchev–Trinajstić information content (AvgIpc) is 3.42. The molecular formula is C70H134N2O6P+. The summed E-state index contributed by atoms with van der Waals surface area (Å²) < 4.78 is 23.8. The normalized spacial score (nSPS) is 14.1. The Kier molecular flexibility index (Phi) is 59.4. The van der Waals surface area contributed by atoms with E-state index in [0.29, 0.717) is 17.4 Å². The summed E-state index contributed by atoms with van der Waals surface area (Å²) >= 11 is 0. The molecule has 0 radical (unpaired) electrons. The predicted molar refractivity (Wildman–Crippen MR) is 346 cm³/mol. The molecule has 0 heterocycles. The summed E-state index contributed by atoms with van der Waals surface area (Å²) in [6.07, 6.45) is 83.8. The number of aliphatic hydroxyl groups excluding tert-OH is 1. The Morgan fingerprint density at radius 1 is 0.430 bits per heavy atom. The lowest BCUT2D eigenvalue weighted by Gasteiger charge is -2.25. The van der Waals surface area contributed by atoms with Crippen LogP contribution in [0.15, 0.2) is 60.8 Å². The first-order valence-corrected chi connectivity index (χ1v) is 35.7. The van der Waals surface area contributed by atoms with Gasteiger partial charge in [0.2, 0.25) is 5.91 Å². The van der Waals surface area contributed by atoms with Gasteiger partial charge in [0, 0.05) is 6.42 Å². The topological polar surface area (TPSA) is 105 Å². The summed E-state index contributed by atoms with van der Waals surface area (Å²) in [7, 11) is 1.56. The van der Waals surface area contributed by atoms with Crippen LogP contribution in [0, 0.1) is 0 Å². The van der Waals surface area contributed by atoms with Crippen molar-refractivity contribution in [2.24, 2.45) is 0 Å². The first-order valence-electron chi connectivity index (χ1n) is 34.2. The number of hydrogen-bond acceptors (Lipinski definition) is 5. The summed E-state index contributed by atoms with van der Waals surface area (Å²) in [5.74, 6) is -0.186. The van der Waals surface area contributed by atoms with E-state index in [0.717, 1.165) is 51.4 Å². The Morgan fingerprint density at radius 2 is 0.734 bits per heavy atom. The van der Waals surface area contributed by atoms with E-state index in [2.05, 4.69) is 67.8 Å². The zero-order valence-corrected chi connectivity index (χ0v) is 54.0. The third kappa shape index (κ3) is 63.6. The molecule has 0 aliphatic rings. The highest BCUT2D eigenvalue weighted by Gasteiger charge is 2.28.